The monoisotopic (exact) mass is 955 g/mol. The number of amides is 1. The minimum absolute atomic E-state index is 0.00401. The molecule has 0 rings (SSSR count). The van der Waals surface area contributed by atoms with Crippen LogP contribution in [0.5, 0.6) is 0 Å². The number of unbranched alkanes of at least 4 members (excludes halogenated alkanes) is 19. The molecule has 9 heteroatoms. The Morgan fingerprint density at radius 3 is 1.33 bits per heavy atom. The van der Waals surface area contributed by atoms with Crippen LogP contribution < -0.4 is 10.2 Å². The third-order valence-corrected chi connectivity index (χ3v) is 12.6. The molecule has 1 amide bonds. The van der Waals surface area contributed by atoms with Gasteiger partial charge >= 0.3 is 0 Å². The molecule has 0 aromatic heterocycles. The lowest BCUT2D eigenvalue weighted by Crippen LogP contribution is -2.46. The van der Waals surface area contributed by atoms with Gasteiger partial charge in [0.15, 0.2) is 0 Å². The first-order valence-electron chi connectivity index (χ1n) is 27.1. The third-order valence-electron chi connectivity index (χ3n) is 11.6. The Kier molecular flexibility index (Phi) is 46.6. The minimum atomic E-state index is -4.58. The van der Waals surface area contributed by atoms with E-state index in [-0.39, 0.29) is 19.1 Å². The van der Waals surface area contributed by atoms with Crippen molar-refractivity contribution in [2.45, 2.75) is 225 Å². The molecule has 0 heterocycles. The average molecular weight is 955 g/mol. The maximum atomic E-state index is 12.9. The van der Waals surface area contributed by atoms with E-state index in [1.54, 1.807) is 0 Å². The number of phosphoric acid groups is 1. The molecule has 3 atom stereocenters. The molecule has 0 spiro atoms. The summed E-state index contributed by atoms with van der Waals surface area (Å²) in [7, 11) is 1.28. The van der Waals surface area contributed by atoms with Gasteiger partial charge in [0.25, 0.3) is 7.82 Å². The lowest BCUT2D eigenvalue weighted by molar-refractivity contribution is -0.870. The summed E-state index contributed by atoms with van der Waals surface area (Å²) in [5.74, 6) is -0.183. The number of aliphatic hydroxyl groups excluding tert-OH is 1. The van der Waals surface area contributed by atoms with E-state index in [1.807, 2.05) is 21.1 Å². The molecule has 0 aromatic rings. The van der Waals surface area contributed by atoms with Crippen molar-refractivity contribution < 1.29 is 32.9 Å². The highest BCUT2D eigenvalue weighted by molar-refractivity contribution is 7.45. The van der Waals surface area contributed by atoms with Gasteiger partial charge in [-0.15, -0.1) is 0 Å². The molecule has 0 bridgehead atoms. The van der Waals surface area contributed by atoms with Crippen molar-refractivity contribution in [2.24, 2.45) is 0 Å². The zero-order valence-electron chi connectivity index (χ0n) is 43.8. The van der Waals surface area contributed by atoms with Gasteiger partial charge < -0.3 is 28.8 Å². The fourth-order valence-electron chi connectivity index (χ4n) is 7.35. The van der Waals surface area contributed by atoms with E-state index in [1.165, 1.54) is 83.5 Å². The molecule has 0 fully saturated rings. The number of hydrogen-bond acceptors (Lipinski definition) is 6. The van der Waals surface area contributed by atoms with Gasteiger partial charge in [0.05, 0.1) is 39.9 Å². The van der Waals surface area contributed by atoms with Crippen molar-refractivity contribution in [3.8, 4) is 0 Å². The van der Waals surface area contributed by atoms with E-state index in [9.17, 15) is 19.4 Å². The largest absolute Gasteiger partial charge is 0.756 e. The van der Waals surface area contributed by atoms with Gasteiger partial charge in [-0.1, -0.05) is 227 Å². The quantitative estimate of drug-likeness (QED) is 0.0272. The van der Waals surface area contributed by atoms with E-state index in [0.29, 0.717) is 23.9 Å². The summed E-state index contributed by atoms with van der Waals surface area (Å²) >= 11 is 0. The fourth-order valence-corrected chi connectivity index (χ4v) is 8.07. The first kappa shape index (κ1) is 64.4. The second kappa shape index (κ2) is 48.4. The van der Waals surface area contributed by atoms with E-state index in [2.05, 4.69) is 116 Å². The highest BCUT2D eigenvalue weighted by Gasteiger charge is 2.24. The average Bonchev–Trinajstić information content (AvgIpc) is 3.29. The molecule has 2 N–H and O–H groups in total. The summed E-state index contributed by atoms with van der Waals surface area (Å²) in [5.41, 5.74) is 0. The Morgan fingerprint density at radius 2 is 0.910 bits per heavy atom. The summed E-state index contributed by atoms with van der Waals surface area (Å²) in [5, 5.41) is 14.0. The molecular formula is C58H103N2O6P. The number of nitrogens with zero attached hydrogens (tertiary/aromatic N) is 1. The number of nitrogens with one attached hydrogen (secondary N) is 1. The molecule has 0 aliphatic heterocycles. The Balaban J connectivity index is 4.23. The van der Waals surface area contributed by atoms with Crippen LogP contribution >= 0.6 is 7.82 Å². The van der Waals surface area contributed by atoms with Crippen LogP contribution in [0, 0.1) is 0 Å². The molecule has 0 aliphatic rings. The molecule has 0 radical (unpaired) electrons. The maximum absolute atomic E-state index is 12.9. The standard InChI is InChI=1S/C58H103N2O6P/c1-6-8-10-12-14-16-18-20-22-23-24-25-26-27-28-29-30-31-32-33-34-35-36-37-38-40-42-44-46-48-50-52-58(62)59-56(55-66-67(63,64)65-54-53-60(3,4)5)57(61)51-49-47-45-43-41-39-21-19-17-15-13-11-9-7-2/h8,10,14,16,20,22,24-25,27-28,30-31,33-34,36-37,56-57,61H,6-7,9,11-13,15,17-19,21,23,26,29,32,35,38-55H2,1-5H3,(H-,59,62,63,64)/b10-8-,16-14-,22-20-,25-24-,28-27-,31-30-,34-33-,37-36-. The first-order chi connectivity index (χ1) is 32.5. The van der Waals surface area contributed by atoms with Crippen molar-refractivity contribution in [2.75, 3.05) is 40.9 Å². The van der Waals surface area contributed by atoms with Crippen LogP contribution in [-0.2, 0) is 18.4 Å². The van der Waals surface area contributed by atoms with E-state index in [0.717, 1.165) is 103 Å². The van der Waals surface area contributed by atoms with Gasteiger partial charge in [0.2, 0.25) is 5.91 Å². The SMILES string of the molecule is CC/C=C\C/C=C\C/C=C\C/C=C\C/C=C\C/C=C\C/C=C\C/C=C\CCCCCCCCC(=O)NC(COP(=O)([O-])OCC[N+](C)(C)C)C(O)CCCCCCCCCCCCCCCC. The second-order valence-corrected chi connectivity index (χ2v) is 20.6. The Bertz CT molecular complexity index is 1410. The Morgan fingerprint density at radius 1 is 0.537 bits per heavy atom. The molecule has 8 nitrogen and oxygen atoms in total. The lowest BCUT2D eigenvalue weighted by atomic mass is 10.0. The van der Waals surface area contributed by atoms with Crippen LogP contribution in [0.15, 0.2) is 97.2 Å². The summed E-state index contributed by atoms with van der Waals surface area (Å²) in [6.07, 6.45) is 68.5. The zero-order chi connectivity index (χ0) is 49.2. The molecule has 67 heavy (non-hydrogen) atoms. The second-order valence-electron chi connectivity index (χ2n) is 19.2. The normalized spacial score (nSPS) is 14.8. The molecule has 0 saturated carbocycles. The van der Waals surface area contributed by atoms with Crippen LogP contribution in [0.1, 0.15) is 213 Å². The van der Waals surface area contributed by atoms with Crippen molar-refractivity contribution in [1.29, 1.82) is 0 Å². The topological polar surface area (TPSA) is 108 Å². The van der Waals surface area contributed by atoms with Gasteiger partial charge in [0.1, 0.15) is 13.2 Å². The lowest BCUT2D eigenvalue weighted by Gasteiger charge is -2.30. The van der Waals surface area contributed by atoms with Crippen LogP contribution in [0.4, 0.5) is 0 Å². The predicted molar refractivity (Wildman–Crippen MR) is 288 cm³/mol. The number of phosphoric ester groups is 1. The van der Waals surface area contributed by atoms with Crippen molar-refractivity contribution >= 4 is 13.7 Å². The molecular weight excluding hydrogens is 852 g/mol. The van der Waals surface area contributed by atoms with E-state index < -0.39 is 20.0 Å². The van der Waals surface area contributed by atoms with Gasteiger partial charge in [0, 0.05) is 6.42 Å². The summed E-state index contributed by atoms with van der Waals surface area (Å²) in [4.78, 5) is 25.5. The number of carbonyl (C=O) groups excluding carboxylic acids is 1. The molecule has 0 aromatic carbocycles. The summed E-state index contributed by atoms with van der Waals surface area (Å²) < 4.78 is 23.3. The van der Waals surface area contributed by atoms with Gasteiger partial charge in [-0.2, -0.15) is 0 Å². The number of allylic oxidation sites excluding steroid dienone is 16. The van der Waals surface area contributed by atoms with Gasteiger partial charge in [-0.25, -0.2) is 0 Å². The van der Waals surface area contributed by atoms with Crippen LogP contribution in [-0.4, -0.2) is 68.5 Å². The number of carbonyl (C=O) groups is 1. The van der Waals surface area contributed by atoms with Crippen LogP contribution in [0.25, 0.3) is 0 Å². The predicted octanol–water partition coefficient (Wildman–Crippen LogP) is 15.6. The third kappa shape index (κ3) is 51.1. The van der Waals surface area contributed by atoms with Crippen LogP contribution in [0.2, 0.25) is 0 Å². The van der Waals surface area contributed by atoms with Crippen molar-refractivity contribution in [1.82, 2.24) is 5.32 Å². The molecule has 3 unspecified atom stereocenters. The highest BCUT2D eigenvalue weighted by Crippen LogP contribution is 2.38. The Labute approximate surface area is 413 Å². The van der Waals surface area contributed by atoms with E-state index >= 15 is 0 Å². The minimum Gasteiger partial charge on any atom is -0.756 e. The summed E-state index contributed by atoms with van der Waals surface area (Å²) in [6.45, 7) is 4.58. The van der Waals surface area contributed by atoms with Crippen molar-refractivity contribution in [3.63, 3.8) is 0 Å². The van der Waals surface area contributed by atoms with Gasteiger partial charge in [-0.05, 0) is 77.0 Å². The van der Waals surface area contributed by atoms with Gasteiger partial charge in [-0.3, -0.25) is 9.36 Å². The zero-order valence-corrected chi connectivity index (χ0v) is 44.7. The maximum Gasteiger partial charge on any atom is 0.268 e. The number of rotatable bonds is 48. The van der Waals surface area contributed by atoms with Crippen LogP contribution in [0.3, 0.4) is 0 Å². The number of likely N-dealkylation sites (N-methyl/N-ethyl adjacent to an activating group) is 1. The molecule has 386 valence electrons. The van der Waals surface area contributed by atoms with Crippen molar-refractivity contribution in [3.05, 3.63) is 97.2 Å². The molecule has 0 aliphatic carbocycles. The van der Waals surface area contributed by atoms with E-state index in [4.69, 9.17) is 9.05 Å². The Hall–Kier alpha value is -2.58. The number of aliphatic hydroxyl groups is 1. The number of hydrogen-bond donors (Lipinski definition) is 2. The number of quaternary nitrogens is 1. The highest BCUT2D eigenvalue weighted by atomic mass is 31.2. The first-order valence-corrected chi connectivity index (χ1v) is 28.5. The molecule has 0 saturated heterocycles. The summed E-state index contributed by atoms with van der Waals surface area (Å²) in [6, 6.07) is -0.815. The smallest absolute Gasteiger partial charge is 0.268 e. The fraction of sp³-hybridized carbons (Fsp3) is 0.707.